The van der Waals surface area contributed by atoms with E-state index in [1.54, 1.807) is 11.8 Å². The monoisotopic (exact) mass is 297 g/mol. The summed E-state index contributed by atoms with van der Waals surface area (Å²) in [4.78, 5) is 13.5. The van der Waals surface area contributed by atoms with Crippen LogP contribution in [0.2, 0.25) is 0 Å². The van der Waals surface area contributed by atoms with Crippen LogP contribution in [0.4, 0.5) is 0 Å². The van der Waals surface area contributed by atoms with Gasteiger partial charge in [0.25, 0.3) is 0 Å². The molecule has 0 aromatic heterocycles. The van der Waals surface area contributed by atoms with Gasteiger partial charge in [0.15, 0.2) is 0 Å². The average Bonchev–Trinajstić information content (AvgIpc) is 2.91. The predicted molar refractivity (Wildman–Crippen MR) is 87.4 cm³/mol. The van der Waals surface area contributed by atoms with E-state index in [0.717, 1.165) is 17.7 Å². The second-order valence-corrected chi connectivity index (χ2v) is 6.79. The number of thioether (sulfide) groups is 1. The summed E-state index contributed by atoms with van der Waals surface area (Å²) in [7, 11) is 0. The number of aryl methyl sites for hydroxylation is 1. The van der Waals surface area contributed by atoms with Gasteiger partial charge < -0.3 is 5.32 Å². The SMILES string of the molecule is C[C@H](Sc1ccccc1)C(=O)N[C@@H]1CCc2ccccc21. The van der Waals surface area contributed by atoms with Gasteiger partial charge in [-0.3, -0.25) is 4.79 Å². The van der Waals surface area contributed by atoms with Crippen molar-refractivity contribution in [2.24, 2.45) is 0 Å². The van der Waals surface area contributed by atoms with E-state index in [1.807, 2.05) is 43.3 Å². The number of hydrogen-bond donors (Lipinski definition) is 1. The molecule has 3 heteroatoms. The quantitative estimate of drug-likeness (QED) is 0.865. The minimum atomic E-state index is -0.0832. The van der Waals surface area contributed by atoms with E-state index in [4.69, 9.17) is 0 Å². The fraction of sp³-hybridized carbons (Fsp3) is 0.278. The topological polar surface area (TPSA) is 29.1 Å². The molecule has 2 aromatic rings. The molecule has 21 heavy (non-hydrogen) atoms. The average molecular weight is 297 g/mol. The highest BCUT2D eigenvalue weighted by atomic mass is 32.2. The number of rotatable bonds is 4. The molecule has 0 saturated heterocycles. The molecule has 0 fully saturated rings. The van der Waals surface area contributed by atoms with Gasteiger partial charge in [-0.2, -0.15) is 0 Å². The molecular weight excluding hydrogens is 278 g/mol. The molecule has 0 bridgehead atoms. The third-order valence-corrected chi connectivity index (χ3v) is 4.99. The number of hydrogen-bond acceptors (Lipinski definition) is 2. The first-order valence-electron chi connectivity index (χ1n) is 7.34. The zero-order valence-electron chi connectivity index (χ0n) is 12.1. The van der Waals surface area contributed by atoms with Crippen molar-refractivity contribution in [2.45, 2.75) is 36.0 Å². The van der Waals surface area contributed by atoms with Gasteiger partial charge in [-0.15, -0.1) is 11.8 Å². The number of carbonyl (C=O) groups excluding carboxylic acids is 1. The maximum Gasteiger partial charge on any atom is 0.233 e. The van der Waals surface area contributed by atoms with Crippen LogP contribution in [0.5, 0.6) is 0 Å². The van der Waals surface area contributed by atoms with Gasteiger partial charge in [0.05, 0.1) is 11.3 Å². The first-order valence-corrected chi connectivity index (χ1v) is 8.22. The lowest BCUT2D eigenvalue weighted by molar-refractivity contribution is -0.121. The molecule has 0 aliphatic heterocycles. The smallest absolute Gasteiger partial charge is 0.233 e. The summed E-state index contributed by atoms with van der Waals surface area (Å²) in [5.74, 6) is 0.116. The number of carbonyl (C=O) groups is 1. The van der Waals surface area contributed by atoms with Crippen LogP contribution < -0.4 is 5.32 Å². The molecule has 1 aliphatic rings. The second-order valence-electron chi connectivity index (χ2n) is 5.37. The van der Waals surface area contributed by atoms with Crippen molar-refractivity contribution in [1.29, 1.82) is 0 Å². The van der Waals surface area contributed by atoms with Crippen LogP contribution in [0.25, 0.3) is 0 Å². The standard InChI is InChI=1S/C18H19NOS/c1-13(21-15-8-3-2-4-9-15)18(20)19-17-12-11-14-7-5-6-10-16(14)17/h2-10,13,17H,11-12H2,1H3,(H,19,20)/t13-,17+/m0/s1. The van der Waals surface area contributed by atoms with Gasteiger partial charge >= 0.3 is 0 Å². The van der Waals surface area contributed by atoms with Crippen LogP contribution in [-0.4, -0.2) is 11.2 Å². The van der Waals surface area contributed by atoms with Crippen molar-refractivity contribution in [3.8, 4) is 0 Å². The van der Waals surface area contributed by atoms with Gasteiger partial charge in [0.2, 0.25) is 5.91 Å². The lowest BCUT2D eigenvalue weighted by Gasteiger charge is -2.17. The van der Waals surface area contributed by atoms with Crippen molar-refractivity contribution in [2.75, 3.05) is 0 Å². The molecule has 0 heterocycles. The Morgan fingerprint density at radius 1 is 1.14 bits per heavy atom. The molecule has 1 N–H and O–H groups in total. The van der Waals surface area contributed by atoms with E-state index >= 15 is 0 Å². The molecule has 0 radical (unpaired) electrons. The number of amides is 1. The lowest BCUT2D eigenvalue weighted by atomic mass is 10.1. The summed E-state index contributed by atoms with van der Waals surface area (Å²) in [6, 6.07) is 18.6. The zero-order valence-corrected chi connectivity index (χ0v) is 12.9. The predicted octanol–water partition coefficient (Wildman–Crippen LogP) is 3.97. The summed E-state index contributed by atoms with van der Waals surface area (Å²) >= 11 is 1.60. The Morgan fingerprint density at radius 2 is 1.86 bits per heavy atom. The largest absolute Gasteiger partial charge is 0.348 e. The second kappa shape index (κ2) is 6.35. The fourth-order valence-corrected chi connectivity index (χ4v) is 3.65. The third kappa shape index (κ3) is 3.30. The lowest BCUT2D eigenvalue weighted by Crippen LogP contribution is -2.33. The highest BCUT2D eigenvalue weighted by Gasteiger charge is 2.25. The van der Waals surface area contributed by atoms with Crippen LogP contribution in [0.1, 0.15) is 30.5 Å². The van der Waals surface area contributed by atoms with E-state index < -0.39 is 0 Å². The van der Waals surface area contributed by atoms with Crippen molar-refractivity contribution < 1.29 is 4.79 Å². The van der Waals surface area contributed by atoms with Crippen LogP contribution in [0.3, 0.4) is 0 Å². The summed E-state index contributed by atoms with van der Waals surface area (Å²) in [5, 5.41) is 3.11. The maximum absolute atomic E-state index is 12.4. The summed E-state index contributed by atoms with van der Waals surface area (Å²) in [5.41, 5.74) is 2.65. The van der Waals surface area contributed by atoms with Gasteiger partial charge in [0.1, 0.15) is 0 Å². The molecule has 0 unspecified atom stereocenters. The fourth-order valence-electron chi connectivity index (χ4n) is 2.75. The summed E-state index contributed by atoms with van der Waals surface area (Å²) < 4.78 is 0. The van der Waals surface area contributed by atoms with E-state index in [0.29, 0.717) is 0 Å². The van der Waals surface area contributed by atoms with Crippen LogP contribution in [0, 0.1) is 0 Å². The van der Waals surface area contributed by atoms with Crippen molar-refractivity contribution in [1.82, 2.24) is 5.32 Å². The third-order valence-electron chi connectivity index (χ3n) is 3.87. The Bertz CT molecular complexity index is 626. The van der Waals surface area contributed by atoms with E-state index in [9.17, 15) is 4.79 Å². The Balaban J connectivity index is 1.62. The Hall–Kier alpha value is -1.74. The van der Waals surface area contributed by atoms with Gasteiger partial charge in [0, 0.05) is 4.90 Å². The molecule has 0 saturated carbocycles. The van der Waals surface area contributed by atoms with Crippen molar-refractivity contribution in [3.05, 3.63) is 65.7 Å². The molecule has 108 valence electrons. The number of nitrogens with one attached hydrogen (secondary N) is 1. The minimum Gasteiger partial charge on any atom is -0.348 e. The molecule has 3 rings (SSSR count). The zero-order chi connectivity index (χ0) is 14.7. The minimum absolute atomic E-state index is 0.0832. The Labute approximate surface area is 130 Å². The van der Waals surface area contributed by atoms with Gasteiger partial charge in [-0.1, -0.05) is 42.5 Å². The van der Waals surface area contributed by atoms with Crippen LogP contribution in [-0.2, 0) is 11.2 Å². The molecule has 1 amide bonds. The number of fused-ring (bicyclic) bond motifs is 1. The van der Waals surface area contributed by atoms with Crippen molar-refractivity contribution in [3.63, 3.8) is 0 Å². The molecule has 2 aromatic carbocycles. The Morgan fingerprint density at radius 3 is 2.67 bits per heavy atom. The molecule has 1 aliphatic carbocycles. The van der Waals surface area contributed by atoms with E-state index in [-0.39, 0.29) is 17.2 Å². The van der Waals surface area contributed by atoms with E-state index in [2.05, 4.69) is 23.5 Å². The first-order chi connectivity index (χ1) is 10.2. The number of benzene rings is 2. The Kier molecular flexibility index (Phi) is 4.30. The first kappa shape index (κ1) is 14.2. The highest BCUT2D eigenvalue weighted by molar-refractivity contribution is 8.00. The van der Waals surface area contributed by atoms with Gasteiger partial charge in [-0.25, -0.2) is 0 Å². The molecular formula is C18H19NOS. The molecule has 0 spiro atoms. The summed E-state index contributed by atoms with van der Waals surface area (Å²) in [6.07, 6.45) is 2.06. The summed E-state index contributed by atoms with van der Waals surface area (Å²) in [6.45, 7) is 1.97. The van der Waals surface area contributed by atoms with Gasteiger partial charge in [-0.05, 0) is 43.0 Å². The van der Waals surface area contributed by atoms with Crippen molar-refractivity contribution >= 4 is 17.7 Å². The van der Waals surface area contributed by atoms with E-state index in [1.165, 1.54) is 11.1 Å². The molecule has 2 nitrogen and oxygen atoms in total. The molecule has 2 atom stereocenters. The van der Waals surface area contributed by atoms with Crippen LogP contribution >= 0.6 is 11.8 Å². The van der Waals surface area contributed by atoms with Crippen LogP contribution in [0.15, 0.2) is 59.5 Å². The highest BCUT2D eigenvalue weighted by Crippen LogP contribution is 2.31. The maximum atomic E-state index is 12.4. The normalized spacial score (nSPS) is 18.0.